The maximum Gasteiger partial charge on any atom is 0.303 e. The van der Waals surface area contributed by atoms with E-state index in [-0.39, 0.29) is 12.3 Å². The van der Waals surface area contributed by atoms with E-state index in [4.69, 9.17) is 5.11 Å². The quantitative estimate of drug-likeness (QED) is 0.868. The van der Waals surface area contributed by atoms with Crippen molar-refractivity contribution < 1.29 is 15.0 Å². The summed E-state index contributed by atoms with van der Waals surface area (Å²) in [7, 11) is 0. The number of benzene rings is 1. The van der Waals surface area contributed by atoms with Crippen LogP contribution < -0.4 is 0 Å². The number of aliphatic carboxylic acids is 1. The molecule has 1 saturated heterocycles. The third kappa shape index (κ3) is 4.33. The number of nitrogens with zero attached hydrogens (tertiary/aromatic N) is 1. The standard InChI is InChI=1S/C15H21NO3/c17-14-11-16(10-12-5-2-1-3-6-12)8-4-7-13(14)9-15(18)19/h1-3,5-6,13-14,17H,4,7-11H2,(H,18,19). The van der Waals surface area contributed by atoms with Crippen LogP contribution in [0.5, 0.6) is 0 Å². The van der Waals surface area contributed by atoms with Crippen molar-refractivity contribution in [2.75, 3.05) is 13.1 Å². The Hall–Kier alpha value is -1.39. The van der Waals surface area contributed by atoms with Crippen molar-refractivity contribution in [2.24, 2.45) is 5.92 Å². The number of aliphatic hydroxyl groups excluding tert-OH is 1. The maximum absolute atomic E-state index is 10.8. The molecule has 1 heterocycles. The Morgan fingerprint density at radius 1 is 1.32 bits per heavy atom. The molecule has 0 amide bonds. The smallest absolute Gasteiger partial charge is 0.303 e. The predicted octanol–water partition coefficient (Wildman–Crippen LogP) is 1.73. The summed E-state index contributed by atoms with van der Waals surface area (Å²) in [4.78, 5) is 13.0. The number of hydrogen-bond donors (Lipinski definition) is 2. The zero-order chi connectivity index (χ0) is 13.7. The minimum Gasteiger partial charge on any atom is -0.481 e. The highest BCUT2D eigenvalue weighted by Crippen LogP contribution is 2.22. The number of hydrogen-bond acceptors (Lipinski definition) is 3. The summed E-state index contributed by atoms with van der Waals surface area (Å²) >= 11 is 0. The minimum atomic E-state index is -0.819. The molecule has 1 aromatic rings. The molecule has 1 fully saturated rings. The van der Waals surface area contributed by atoms with Crippen LogP contribution in [0.15, 0.2) is 30.3 Å². The first-order chi connectivity index (χ1) is 9.15. The van der Waals surface area contributed by atoms with Crippen molar-refractivity contribution in [1.82, 2.24) is 4.90 Å². The Kier molecular flexibility index (Phi) is 4.93. The lowest BCUT2D eigenvalue weighted by molar-refractivity contribution is -0.139. The largest absolute Gasteiger partial charge is 0.481 e. The lowest BCUT2D eigenvalue weighted by Crippen LogP contribution is -2.34. The first kappa shape index (κ1) is 14.0. The van der Waals surface area contributed by atoms with E-state index in [1.165, 1.54) is 5.56 Å². The van der Waals surface area contributed by atoms with E-state index in [2.05, 4.69) is 17.0 Å². The molecule has 2 rings (SSSR count). The van der Waals surface area contributed by atoms with E-state index in [0.717, 1.165) is 25.9 Å². The van der Waals surface area contributed by atoms with Gasteiger partial charge in [0.1, 0.15) is 0 Å². The third-order valence-corrected chi connectivity index (χ3v) is 3.72. The molecule has 4 heteroatoms. The highest BCUT2D eigenvalue weighted by atomic mass is 16.4. The summed E-state index contributed by atoms with van der Waals surface area (Å²) in [6, 6.07) is 10.2. The zero-order valence-electron chi connectivity index (χ0n) is 11.0. The average molecular weight is 263 g/mol. The Morgan fingerprint density at radius 2 is 2.05 bits per heavy atom. The number of aliphatic hydroxyl groups is 1. The number of carbonyl (C=O) groups is 1. The average Bonchev–Trinajstić information content (AvgIpc) is 2.53. The Balaban J connectivity index is 1.92. The molecule has 1 aliphatic rings. The van der Waals surface area contributed by atoms with Gasteiger partial charge in [0.25, 0.3) is 0 Å². The number of likely N-dealkylation sites (tertiary alicyclic amines) is 1. The fourth-order valence-corrected chi connectivity index (χ4v) is 2.72. The molecule has 19 heavy (non-hydrogen) atoms. The summed E-state index contributed by atoms with van der Waals surface area (Å²) in [5, 5.41) is 19.0. The lowest BCUT2D eigenvalue weighted by Gasteiger charge is -2.24. The van der Waals surface area contributed by atoms with Crippen molar-refractivity contribution in [2.45, 2.75) is 31.9 Å². The number of carboxylic acid groups (broad SMARTS) is 1. The van der Waals surface area contributed by atoms with Gasteiger partial charge in [0.15, 0.2) is 0 Å². The summed E-state index contributed by atoms with van der Waals surface area (Å²) in [6.45, 7) is 2.30. The number of carboxylic acids is 1. The van der Waals surface area contributed by atoms with Crippen molar-refractivity contribution in [3.63, 3.8) is 0 Å². The molecular weight excluding hydrogens is 242 g/mol. The van der Waals surface area contributed by atoms with Gasteiger partial charge in [0, 0.05) is 13.1 Å². The van der Waals surface area contributed by atoms with Crippen molar-refractivity contribution in [3.05, 3.63) is 35.9 Å². The van der Waals surface area contributed by atoms with Gasteiger partial charge in [-0.15, -0.1) is 0 Å². The molecule has 0 saturated carbocycles. The van der Waals surface area contributed by atoms with Crippen LogP contribution in [0.25, 0.3) is 0 Å². The number of β-amino-alcohol motifs (C(OH)–C–C–N with tert-alkyl or cyclic N) is 1. The van der Waals surface area contributed by atoms with E-state index >= 15 is 0 Å². The van der Waals surface area contributed by atoms with Crippen LogP contribution in [0, 0.1) is 5.92 Å². The first-order valence-electron chi connectivity index (χ1n) is 6.81. The molecular formula is C15H21NO3. The van der Waals surface area contributed by atoms with Gasteiger partial charge in [0.2, 0.25) is 0 Å². The molecule has 104 valence electrons. The predicted molar refractivity (Wildman–Crippen MR) is 72.7 cm³/mol. The van der Waals surface area contributed by atoms with Gasteiger partial charge in [-0.3, -0.25) is 9.69 Å². The van der Waals surface area contributed by atoms with Crippen molar-refractivity contribution >= 4 is 5.97 Å². The molecule has 4 nitrogen and oxygen atoms in total. The van der Waals surface area contributed by atoms with Crippen molar-refractivity contribution in [3.8, 4) is 0 Å². The maximum atomic E-state index is 10.8. The molecule has 0 aromatic heterocycles. The van der Waals surface area contributed by atoms with E-state index in [1.807, 2.05) is 18.2 Å². The van der Waals surface area contributed by atoms with E-state index < -0.39 is 12.1 Å². The summed E-state index contributed by atoms with van der Waals surface area (Å²) in [5.41, 5.74) is 1.23. The second-order valence-electron chi connectivity index (χ2n) is 5.29. The van der Waals surface area contributed by atoms with E-state index in [0.29, 0.717) is 6.54 Å². The van der Waals surface area contributed by atoms with Gasteiger partial charge >= 0.3 is 5.97 Å². The molecule has 2 atom stereocenters. The van der Waals surface area contributed by atoms with Gasteiger partial charge < -0.3 is 10.2 Å². The molecule has 0 aliphatic carbocycles. The molecule has 1 aliphatic heterocycles. The summed E-state index contributed by atoms with van der Waals surface area (Å²) in [5.74, 6) is -0.932. The highest BCUT2D eigenvalue weighted by Gasteiger charge is 2.27. The molecule has 0 bridgehead atoms. The fourth-order valence-electron chi connectivity index (χ4n) is 2.72. The monoisotopic (exact) mass is 263 g/mol. The van der Waals surface area contributed by atoms with Crippen LogP contribution in [0.4, 0.5) is 0 Å². The highest BCUT2D eigenvalue weighted by molar-refractivity contribution is 5.67. The molecule has 2 unspecified atom stereocenters. The van der Waals surface area contributed by atoms with Crippen LogP contribution in [0.1, 0.15) is 24.8 Å². The van der Waals surface area contributed by atoms with Gasteiger partial charge in [0.05, 0.1) is 12.5 Å². The Bertz CT molecular complexity index is 407. The molecule has 0 spiro atoms. The van der Waals surface area contributed by atoms with Crippen LogP contribution >= 0.6 is 0 Å². The van der Waals surface area contributed by atoms with Crippen LogP contribution in [0.3, 0.4) is 0 Å². The fraction of sp³-hybridized carbons (Fsp3) is 0.533. The molecule has 0 radical (unpaired) electrons. The normalized spacial score (nSPS) is 24.9. The van der Waals surface area contributed by atoms with Gasteiger partial charge in [-0.2, -0.15) is 0 Å². The second kappa shape index (κ2) is 6.68. The SMILES string of the molecule is O=C(O)CC1CCCN(Cc2ccccc2)CC1O. The van der Waals surface area contributed by atoms with Crippen LogP contribution in [0.2, 0.25) is 0 Å². The van der Waals surface area contributed by atoms with Gasteiger partial charge in [-0.05, 0) is 30.9 Å². The number of rotatable bonds is 4. The molecule has 2 N–H and O–H groups in total. The summed E-state index contributed by atoms with van der Waals surface area (Å²) < 4.78 is 0. The van der Waals surface area contributed by atoms with E-state index in [9.17, 15) is 9.90 Å². The topological polar surface area (TPSA) is 60.8 Å². The first-order valence-corrected chi connectivity index (χ1v) is 6.81. The van der Waals surface area contributed by atoms with E-state index in [1.54, 1.807) is 0 Å². The van der Waals surface area contributed by atoms with Crippen LogP contribution in [-0.4, -0.2) is 40.3 Å². The zero-order valence-corrected chi connectivity index (χ0v) is 11.0. The Morgan fingerprint density at radius 3 is 2.74 bits per heavy atom. The Labute approximate surface area is 113 Å². The van der Waals surface area contributed by atoms with Crippen LogP contribution in [-0.2, 0) is 11.3 Å². The van der Waals surface area contributed by atoms with Crippen molar-refractivity contribution in [1.29, 1.82) is 0 Å². The van der Waals surface area contributed by atoms with Gasteiger partial charge in [-0.25, -0.2) is 0 Å². The minimum absolute atomic E-state index is 0.0698. The third-order valence-electron chi connectivity index (χ3n) is 3.72. The van der Waals surface area contributed by atoms with Gasteiger partial charge in [-0.1, -0.05) is 30.3 Å². The molecule has 1 aromatic carbocycles. The summed E-state index contributed by atoms with van der Waals surface area (Å²) in [6.07, 6.45) is 1.27. The second-order valence-corrected chi connectivity index (χ2v) is 5.29. The lowest BCUT2D eigenvalue weighted by atomic mass is 9.94.